The van der Waals surface area contributed by atoms with E-state index in [1.807, 2.05) is 44.2 Å². The van der Waals surface area contributed by atoms with Crippen molar-refractivity contribution in [3.8, 4) is 11.5 Å². The fourth-order valence-corrected chi connectivity index (χ4v) is 5.71. The molecule has 264 valence electrons. The van der Waals surface area contributed by atoms with Crippen LogP contribution in [0.25, 0.3) is 0 Å². The Labute approximate surface area is 289 Å². The van der Waals surface area contributed by atoms with E-state index in [2.05, 4.69) is 10.6 Å². The number of rotatable bonds is 9. The van der Waals surface area contributed by atoms with Gasteiger partial charge in [-0.2, -0.15) is 0 Å². The van der Waals surface area contributed by atoms with Crippen LogP contribution in [0.15, 0.2) is 72.8 Å². The van der Waals surface area contributed by atoms with E-state index in [1.54, 1.807) is 73.3 Å². The van der Waals surface area contributed by atoms with Gasteiger partial charge in [-0.05, 0) is 81.1 Å². The highest BCUT2D eigenvalue weighted by atomic mass is 16.5. The molecule has 4 atom stereocenters. The summed E-state index contributed by atoms with van der Waals surface area (Å²) < 4.78 is 17.9. The second-order valence-electron chi connectivity index (χ2n) is 12.8. The maximum Gasteiger partial charge on any atom is 0.323 e. The quantitative estimate of drug-likeness (QED) is 0.260. The molecule has 3 aromatic carbocycles. The van der Waals surface area contributed by atoms with Crippen molar-refractivity contribution in [2.75, 3.05) is 51.1 Å². The molecule has 49 heavy (non-hydrogen) atoms. The highest BCUT2D eigenvalue weighted by molar-refractivity contribution is 6.02. The predicted octanol–water partition coefficient (Wildman–Crippen LogP) is 5.84. The summed E-state index contributed by atoms with van der Waals surface area (Å²) in [5.41, 5.74) is 2.19. The predicted molar refractivity (Wildman–Crippen MR) is 190 cm³/mol. The third kappa shape index (κ3) is 11.0. The second-order valence-corrected chi connectivity index (χ2v) is 12.8. The second kappa shape index (κ2) is 18.2. The van der Waals surface area contributed by atoms with Gasteiger partial charge in [-0.15, -0.1) is 0 Å². The maximum atomic E-state index is 14.4. The molecule has 1 aliphatic heterocycles. The Bertz CT molecular complexity index is 1520. The highest BCUT2D eigenvalue weighted by Gasteiger charge is 2.31. The van der Waals surface area contributed by atoms with Crippen LogP contribution >= 0.6 is 0 Å². The van der Waals surface area contributed by atoms with Gasteiger partial charge in [0.2, 0.25) is 5.91 Å². The first-order valence-corrected chi connectivity index (χ1v) is 16.9. The van der Waals surface area contributed by atoms with Gasteiger partial charge in [0.25, 0.3) is 5.91 Å². The van der Waals surface area contributed by atoms with Crippen molar-refractivity contribution in [3.63, 3.8) is 0 Å². The molecule has 0 fully saturated rings. The van der Waals surface area contributed by atoms with E-state index in [4.69, 9.17) is 14.2 Å². The summed E-state index contributed by atoms with van der Waals surface area (Å²) in [7, 11) is 3.35. The van der Waals surface area contributed by atoms with Crippen molar-refractivity contribution in [2.24, 2.45) is 5.92 Å². The van der Waals surface area contributed by atoms with Crippen molar-refractivity contribution in [2.45, 2.75) is 64.7 Å². The lowest BCUT2D eigenvalue weighted by Gasteiger charge is -2.36. The van der Waals surface area contributed by atoms with Crippen LogP contribution in [0.1, 0.15) is 56.0 Å². The number of carbonyl (C=O) groups excluding carboxylic acids is 3. The van der Waals surface area contributed by atoms with Gasteiger partial charge >= 0.3 is 6.03 Å². The van der Waals surface area contributed by atoms with E-state index in [9.17, 15) is 19.5 Å². The summed E-state index contributed by atoms with van der Waals surface area (Å²) in [5, 5.41) is 15.8. The normalized spacial score (nSPS) is 19.4. The molecule has 0 aliphatic carbocycles. The number of nitrogens with one attached hydrogen (secondary N) is 2. The number of amides is 4. The molecule has 0 spiro atoms. The number of hydrogen-bond donors (Lipinski definition) is 3. The highest BCUT2D eigenvalue weighted by Crippen LogP contribution is 2.29. The van der Waals surface area contributed by atoms with Crippen molar-refractivity contribution < 1.29 is 33.7 Å². The number of urea groups is 1. The van der Waals surface area contributed by atoms with Gasteiger partial charge < -0.3 is 39.8 Å². The summed E-state index contributed by atoms with van der Waals surface area (Å²) in [6.07, 6.45) is 2.16. The molecule has 0 bridgehead atoms. The first-order chi connectivity index (χ1) is 23.6. The Morgan fingerprint density at radius 2 is 1.71 bits per heavy atom. The maximum absolute atomic E-state index is 14.4. The molecule has 0 saturated heterocycles. The van der Waals surface area contributed by atoms with Crippen LogP contribution in [-0.4, -0.2) is 91.5 Å². The van der Waals surface area contributed by atoms with Gasteiger partial charge in [-0.3, -0.25) is 9.59 Å². The molecule has 4 rings (SSSR count). The monoisotopic (exact) mass is 674 g/mol. The number of nitrogens with zero attached hydrogens (tertiary/aromatic N) is 2. The minimum atomic E-state index is -0.527. The smallest absolute Gasteiger partial charge is 0.323 e. The van der Waals surface area contributed by atoms with Gasteiger partial charge in [0.1, 0.15) is 11.5 Å². The fraction of sp³-hybridized carbons (Fsp3) is 0.447. The minimum absolute atomic E-state index is 0.0194. The van der Waals surface area contributed by atoms with Crippen LogP contribution in [0, 0.1) is 5.92 Å². The van der Waals surface area contributed by atoms with Crippen LogP contribution in [0.4, 0.5) is 16.2 Å². The molecule has 3 N–H and O–H groups in total. The Kier molecular flexibility index (Phi) is 13.8. The Balaban J connectivity index is 1.57. The fourth-order valence-electron chi connectivity index (χ4n) is 5.71. The molecule has 3 aromatic rings. The first-order valence-electron chi connectivity index (χ1n) is 16.9. The van der Waals surface area contributed by atoms with Crippen molar-refractivity contribution >= 4 is 29.2 Å². The summed E-state index contributed by atoms with van der Waals surface area (Å²) >= 11 is 0. The van der Waals surface area contributed by atoms with Crippen LogP contribution in [0.2, 0.25) is 0 Å². The van der Waals surface area contributed by atoms with Gasteiger partial charge in [0.05, 0.1) is 44.0 Å². The number of aliphatic hydroxyl groups is 1. The van der Waals surface area contributed by atoms with E-state index >= 15 is 0 Å². The van der Waals surface area contributed by atoms with Crippen LogP contribution in [0.5, 0.6) is 11.5 Å². The Hall–Kier alpha value is -4.61. The summed E-state index contributed by atoms with van der Waals surface area (Å²) in [4.78, 5) is 43.7. The first kappa shape index (κ1) is 37.2. The largest absolute Gasteiger partial charge is 0.497 e. The average molecular weight is 675 g/mol. The molecule has 0 saturated carbocycles. The molecular formula is C38H50N4O7. The molecular weight excluding hydrogens is 624 g/mol. The van der Waals surface area contributed by atoms with E-state index in [-0.39, 0.29) is 55.1 Å². The Morgan fingerprint density at radius 1 is 1.02 bits per heavy atom. The van der Waals surface area contributed by atoms with Crippen molar-refractivity contribution in [1.29, 1.82) is 0 Å². The van der Waals surface area contributed by atoms with Crippen LogP contribution in [-0.2, 0) is 16.0 Å². The zero-order chi connectivity index (χ0) is 35.3. The zero-order valence-electron chi connectivity index (χ0n) is 29.2. The summed E-state index contributed by atoms with van der Waals surface area (Å²) in [6.45, 7) is 6.61. The van der Waals surface area contributed by atoms with Crippen molar-refractivity contribution in [3.05, 3.63) is 83.9 Å². The van der Waals surface area contributed by atoms with E-state index < -0.39 is 12.1 Å². The Morgan fingerprint density at radius 3 is 2.41 bits per heavy atom. The number of benzene rings is 3. The third-order valence-corrected chi connectivity index (χ3v) is 8.74. The zero-order valence-corrected chi connectivity index (χ0v) is 29.2. The van der Waals surface area contributed by atoms with Gasteiger partial charge in [-0.1, -0.05) is 37.3 Å². The van der Waals surface area contributed by atoms with Crippen molar-refractivity contribution in [1.82, 2.24) is 9.80 Å². The molecule has 0 radical (unpaired) electrons. The van der Waals surface area contributed by atoms with Gasteiger partial charge in [0.15, 0.2) is 0 Å². The number of methoxy groups -OCH3 is 1. The number of carbonyl (C=O) groups is 3. The molecule has 4 amide bonds. The van der Waals surface area contributed by atoms with Gasteiger partial charge in [0, 0.05) is 44.0 Å². The van der Waals surface area contributed by atoms with E-state index in [0.717, 1.165) is 24.8 Å². The third-order valence-electron chi connectivity index (χ3n) is 8.74. The average Bonchev–Trinajstić information content (AvgIpc) is 3.10. The van der Waals surface area contributed by atoms with E-state index in [0.29, 0.717) is 36.0 Å². The lowest BCUT2D eigenvalue weighted by atomic mass is 10.0. The lowest BCUT2D eigenvalue weighted by molar-refractivity contribution is -0.131. The summed E-state index contributed by atoms with van der Waals surface area (Å²) in [5.74, 6) is 0.515. The van der Waals surface area contributed by atoms with Gasteiger partial charge in [-0.25, -0.2) is 4.79 Å². The topological polar surface area (TPSA) is 130 Å². The molecule has 0 aromatic heterocycles. The SMILES string of the molecule is COc1ccc(NC(=O)Nc2ccc3c(c2)C(=O)N([C@@H](C)CO)C[C@H](C)[C@H](CN(C)C(=O)Cc2ccccc2)OCCCC[C@@H](C)O3)cc1. The molecule has 11 nitrogen and oxygen atoms in total. The lowest BCUT2D eigenvalue weighted by Crippen LogP contribution is -2.48. The minimum Gasteiger partial charge on any atom is -0.497 e. The molecule has 11 heteroatoms. The van der Waals surface area contributed by atoms with E-state index in [1.165, 1.54) is 0 Å². The number of hydrogen-bond acceptors (Lipinski definition) is 7. The number of fused-ring (bicyclic) bond motifs is 1. The molecule has 1 aliphatic rings. The summed E-state index contributed by atoms with van der Waals surface area (Å²) in [6, 6.07) is 20.6. The standard InChI is InChI=1S/C38H50N4O7/c1-26-23-42(27(2)25-43)37(45)33-22-31(40-38(46)39-30-14-17-32(47-5)18-15-30)16-19-34(33)49-28(3)11-9-10-20-48-35(26)24-41(4)36(44)21-29-12-7-6-8-13-29/h6-8,12-19,22,26-28,35,43H,9-11,20-21,23-25H2,1-5H3,(H2,39,40,46)/t26-,27-,28+,35-/m0/s1. The molecule has 0 unspecified atom stereocenters. The number of aliphatic hydroxyl groups excluding tert-OH is 1. The number of ether oxygens (including phenoxy) is 3. The number of anilines is 2. The van der Waals surface area contributed by atoms with Crippen LogP contribution < -0.4 is 20.1 Å². The number of likely N-dealkylation sites (N-methyl/N-ethyl adjacent to an activating group) is 1. The van der Waals surface area contributed by atoms with Crippen LogP contribution in [0.3, 0.4) is 0 Å². The molecule has 1 heterocycles.